The van der Waals surface area contributed by atoms with Gasteiger partial charge in [0.15, 0.2) is 0 Å². The van der Waals surface area contributed by atoms with Crippen LogP contribution in [0.25, 0.3) is 10.8 Å². The molecule has 5 nitrogen and oxygen atoms in total. The van der Waals surface area contributed by atoms with E-state index in [0.29, 0.717) is 23.0 Å². The predicted octanol–water partition coefficient (Wildman–Crippen LogP) is 1.87. The van der Waals surface area contributed by atoms with E-state index in [9.17, 15) is 9.59 Å². The van der Waals surface area contributed by atoms with Crippen molar-refractivity contribution in [1.82, 2.24) is 10.2 Å². The number of nitrogens with one attached hydrogen (secondary N) is 3. The third-order valence-corrected chi connectivity index (χ3v) is 3.40. The molecule has 0 bridgehead atoms. The van der Waals surface area contributed by atoms with Gasteiger partial charge in [0.25, 0.3) is 11.1 Å². The molecule has 3 N–H and O–H groups in total. The summed E-state index contributed by atoms with van der Waals surface area (Å²) in [6.07, 6.45) is 0.846. The van der Waals surface area contributed by atoms with Crippen LogP contribution in [0.15, 0.2) is 58.1 Å². The van der Waals surface area contributed by atoms with Gasteiger partial charge in [0, 0.05) is 12.2 Å². The minimum absolute atomic E-state index is 0.295. The molecule has 0 unspecified atom stereocenters. The highest BCUT2D eigenvalue weighted by Crippen LogP contribution is 2.16. The Labute approximate surface area is 120 Å². The van der Waals surface area contributed by atoms with Crippen molar-refractivity contribution in [2.24, 2.45) is 0 Å². The van der Waals surface area contributed by atoms with Gasteiger partial charge in [-0.25, -0.2) is 0 Å². The molecule has 0 aliphatic heterocycles. The lowest BCUT2D eigenvalue weighted by Crippen LogP contribution is -2.20. The number of anilines is 1. The molecular formula is C16H15N3O2. The van der Waals surface area contributed by atoms with Gasteiger partial charge in [0.2, 0.25) is 0 Å². The van der Waals surface area contributed by atoms with Crippen LogP contribution in [0.1, 0.15) is 5.56 Å². The first kappa shape index (κ1) is 13.2. The zero-order valence-electron chi connectivity index (χ0n) is 11.3. The van der Waals surface area contributed by atoms with E-state index in [-0.39, 0.29) is 11.1 Å². The van der Waals surface area contributed by atoms with Gasteiger partial charge in [-0.1, -0.05) is 36.4 Å². The van der Waals surface area contributed by atoms with E-state index in [0.717, 1.165) is 6.42 Å². The Morgan fingerprint density at radius 3 is 2.43 bits per heavy atom. The summed E-state index contributed by atoms with van der Waals surface area (Å²) in [7, 11) is 0. The summed E-state index contributed by atoms with van der Waals surface area (Å²) < 4.78 is 0. The van der Waals surface area contributed by atoms with E-state index >= 15 is 0 Å². The van der Waals surface area contributed by atoms with E-state index in [1.165, 1.54) is 5.56 Å². The van der Waals surface area contributed by atoms with Gasteiger partial charge in [-0.15, -0.1) is 0 Å². The average molecular weight is 281 g/mol. The Balaban J connectivity index is 1.86. The van der Waals surface area contributed by atoms with Gasteiger partial charge in [-0.2, -0.15) is 0 Å². The Bertz CT molecular complexity index is 866. The quantitative estimate of drug-likeness (QED) is 0.683. The summed E-state index contributed by atoms with van der Waals surface area (Å²) in [6.45, 7) is 0.690. The third kappa shape index (κ3) is 2.72. The molecule has 5 heteroatoms. The number of aromatic amines is 2. The number of hydrogen-bond acceptors (Lipinski definition) is 3. The van der Waals surface area contributed by atoms with Crippen molar-refractivity contribution >= 4 is 16.5 Å². The van der Waals surface area contributed by atoms with Gasteiger partial charge in [-0.05, 0) is 24.1 Å². The van der Waals surface area contributed by atoms with E-state index in [1.807, 2.05) is 24.3 Å². The van der Waals surface area contributed by atoms with Gasteiger partial charge in [0.05, 0.1) is 10.8 Å². The maximum Gasteiger partial charge on any atom is 0.272 e. The zero-order chi connectivity index (χ0) is 14.7. The molecular weight excluding hydrogens is 266 g/mol. The second-order valence-corrected chi connectivity index (χ2v) is 4.80. The third-order valence-electron chi connectivity index (χ3n) is 3.40. The molecule has 106 valence electrons. The smallest absolute Gasteiger partial charge is 0.272 e. The normalized spacial score (nSPS) is 10.7. The van der Waals surface area contributed by atoms with Crippen molar-refractivity contribution in [2.45, 2.75) is 6.42 Å². The van der Waals surface area contributed by atoms with E-state index in [4.69, 9.17) is 0 Å². The molecule has 0 radical (unpaired) electrons. The highest BCUT2D eigenvalue weighted by Gasteiger charge is 2.07. The van der Waals surface area contributed by atoms with E-state index in [1.54, 1.807) is 12.1 Å². The lowest BCUT2D eigenvalue weighted by molar-refractivity contribution is 0.974. The van der Waals surface area contributed by atoms with Crippen LogP contribution in [-0.4, -0.2) is 16.7 Å². The first-order valence-corrected chi connectivity index (χ1v) is 6.77. The van der Waals surface area contributed by atoms with Crippen LogP contribution in [0.4, 0.5) is 5.69 Å². The van der Waals surface area contributed by atoms with Crippen LogP contribution in [0.5, 0.6) is 0 Å². The fourth-order valence-corrected chi connectivity index (χ4v) is 2.36. The molecule has 0 aliphatic rings. The highest BCUT2D eigenvalue weighted by molar-refractivity contribution is 5.92. The topological polar surface area (TPSA) is 77.8 Å². The molecule has 2 aromatic carbocycles. The van der Waals surface area contributed by atoms with Crippen LogP contribution >= 0.6 is 0 Å². The van der Waals surface area contributed by atoms with Crippen LogP contribution in [0.2, 0.25) is 0 Å². The number of H-pyrrole nitrogens is 2. The molecule has 0 saturated heterocycles. The van der Waals surface area contributed by atoms with Crippen LogP contribution in [0.3, 0.4) is 0 Å². The standard InChI is InChI=1S/C16H15N3O2/c20-15-12-7-4-8-13(14(12)16(21)19-18-15)17-10-9-11-5-2-1-3-6-11/h1-8,17H,9-10H2,(H,18,20)(H,19,21). The Morgan fingerprint density at radius 2 is 1.62 bits per heavy atom. The van der Waals surface area contributed by atoms with Crippen molar-refractivity contribution in [3.8, 4) is 0 Å². The average Bonchev–Trinajstić information content (AvgIpc) is 2.52. The Hall–Kier alpha value is -2.82. The number of hydrogen-bond donors (Lipinski definition) is 3. The number of aromatic nitrogens is 2. The first-order valence-electron chi connectivity index (χ1n) is 6.77. The van der Waals surface area contributed by atoms with Crippen LogP contribution in [0, 0.1) is 0 Å². The summed E-state index contributed by atoms with van der Waals surface area (Å²) in [4.78, 5) is 23.6. The predicted molar refractivity (Wildman–Crippen MR) is 83.8 cm³/mol. The van der Waals surface area contributed by atoms with Gasteiger partial charge >= 0.3 is 0 Å². The number of benzene rings is 2. The van der Waals surface area contributed by atoms with Crippen molar-refractivity contribution in [3.63, 3.8) is 0 Å². The molecule has 0 spiro atoms. The maximum atomic E-state index is 11.9. The minimum atomic E-state index is -0.299. The first-order chi connectivity index (χ1) is 10.3. The fourth-order valence-electron chi connectivity index (χ4n) is 2.36. The molecule has 21 heavy (non-hydrogen) atoms. The lowest BCUT2D eigenvalue weighted by atomic mass is 10.1. The molecule has 1 heterocycles. The maximum absolute atomic E-state index is 11.9. The second kappa shape index (κ2) is 5.66. The summed E-state index contributed by atoms with van der Waals surface area (Å²) in [5, 5.41) is 8.71. The summed E-state index contributed by atoms with van der Waals surface area (Å²) in [6, 6.07) is 15.3. The molecule has 0 fully saturated rings. The zero-order valence-corrected chi connectivity index (χ0v) is 11.3. The van der Waals surface area contributed by atoms with Crippen molar-refractivity contribution < 1.29 is 0 Å². The monoisotopic (exact) mass is 281 g/mol. The summed E-state index contributed by atoms with van der Waals surface area (Å²) >= 11 is 0. The van der Waals surface area contributed by atoms with E-state index in [2.05, 4.69) is 27.6 Å². The highest BCUT2D eigenvalue weighted by atomic mass is 16.1. The second-order valence-electron chi connectivity index (χ2n) is 4.80. The molecule has 0 saturated carbocycles. The van der Waals surface area contributed by atoms with Gasteiger partial charge in [-0.3, -0.25) is 19.8 Å². The molecule has 0 atom stereocenters. The molecule has 1 aromatic heterocycles. The molecule has 0 aliphatic carbocycles. The molecule has 3 aromatic rings. The number of rotatable bonds is 4. The van der Waals surface area contributed by atoms with Gasteiger partial charge in [0.1, 0.15) is 0 Å². The number of fused-ring (bicyclic) bond motifs is 1. The summed E-state index contributed by atoms with van der Waals surface area (Å²) in [5.74, 6) is 0. The van der Waals surface area contributed by atoms with Crippen molar-refractivity contribution in [1.29, 1.82) is 0 Å². The largest absolute Gasteiger partial charge is 0.384 e. The SMILES string of the molecule is O=c1[nH][nH]c(=O)c2c(NCCc3ccccc3)cccc12. The fraction of sp³-hybridized carbons (Fsp3) is 0.125. The Kier molecular flexibility index (Phi) is 3.55. The molecule has 0 amide bonds. The minimum Gasteiger partial charge on any atom is -0.384 e. The molecule has 3 rings (SSSR count). The van der Waals surface area contributed by atoms with Crippen molar-refractivity contribution in [2.75, 3.05) is 11.9 Å². The summed E-state index contributed by atoms with van der Waals surface area (Å²) in [5.41, 5.74) is 1.30. The Morgan fingerprint density at radius 1 is 0.857 bits per heavy atom. The van der Waals surface area contributed by atoms with Crippen LogP contribution in [-0.2, 0) is 6.42 Å². The van der Waals surface area contributed by atoms with Crippen molar-refractivity contribution in [3.05, 3.63) is 74.8 Å². The van der Waals surface area contributed by atoms with E-state index < -0.39 is 0 Å². The lowest BCUT2D eigenvalue weighted by Gasteiger charge is -2.08. The van der Waals surface area contributed by atoms with Gasteiger partial charge < -0.3 is 5.32 Å². The van der Waals surface area contributed by atoms with Crippen LogP contribution < -0.4 is 16.4 Å².